The number of amides is 1. The van der Waals surface area contributed by atoms with Crippen molar-refractivity contribution in [2.24, 2.45) is 0 Å². The molecule has 9 heteroatoms. The van der Waals surface area contributed by atoms with E-state index in [9.17, 15) is 19.3 Å². The first kappa shape index (κ1) is 14.1. The van der Waals surface area contributed by atoms with E-state index in [4.69, 9.17) is 4.52 Å². The van der Waals surface area contributed by atoms with Gasteiger partial charge in [-0.05, 0) is 17.7 Å². The first-order valence-electron chi connectivity index (χ1n) is 6.54. The van der Waals surface area contributed by atoms with Crippen LogP contribution in [0.15, 0.2) is 28.8 Å². The molecule has 1 heterocycles. The Morgan fingerprint density at radius 3 is 2.82 bits per heavy atom. The molecule has 3 rings (SSSR count). The van der Waals surface area contributed by atoms with E-state index in [1.807, 2.05) is 0 Å². The zero-order valence-electron chi connectivity index (χ0n) is 11.2. The van der Waals surface area contributed by atoms with E-state index in [1.54, 1.807) is 12.1 Å². The Labute approximate surface area is 123 Å². The van der Waals surface area contributed by atoms with Crippen LogP contribution in [0.5, 0.6) is 0 Å². The fraction of sp³-hybridized carbons (Fsp3) is 0.308. The minimum Gasteiger partial charge on any atom is -0.345 e. The second-order valence-corrected chi connectivity index (χ2v) is 4.96. The molecule has 2 aromatic rings. The van der Waals surface area contributed by atoms with Gasteiger partial charge in [0.05, 0.1) is 0 Å². The number of aromatic nitrogens is 2. The van der Waals surface area contributed by atoms with Crippen LogP contribution in [0.3, 0.4) is 0 Å². The third-order valence-electron chi connectivity index (χ3n) is 3.36. The summed E-state index contributed by atoms with van der Waals surface area (Å²) in [5, 5.41) is 16.7. The van der Waals surface area contributed by atoms with E-state index in [-0.39, 0.29) is 24.1 Å². The van der Waals surface area contributed by atoms with Crippen LogP contribution in [-0.4, -0.2) is 27.0 Å². The summed E-state index contributed by atoms with van der Waals surface area (Å²) in [5.74, 6) is -1.40. The topological polar surface area (TPSA) is 111 Å². The molecule has 8 nitrogen and oxygen atoms in total. The standard InChI is InChI=1S/C13H11FN4O4/c14-8-3-1-7(2-4-8)6-15-12(19)11-16-13(22-17-11)9-5-10(9)18(20)21/h1-4,9-10H,5-6H2,(H,15,19). The van der Waals surface area contributed by atoms with Crippen molar-refractivity contribution in [2.75, 3.05) is 0 Å². The normalized spacial score (nSPS) is 19.7. The summed E-state index contributed by atoms with van der Waals surface area (Å²) in [6.07, 6.45) is 0.339. The summed E-state index contributed by atoms with van der Waals surface area (Å²) in [7, 11) is 0. The Balaban J connectivity index is 1.58. The van der Waals surface area contributed by atoms with Gasteiger partial charge < -0.3 is 9.84 Å². The molecule has 1 saturated carbocycles. The average Bonchev–Trinajstić information content (AvgIpc) is 3.16. The maximum Gasteiger partial charge on any atom is 0.292 e. The Bertz CT molecular complexity index is 715. The lowest BCUT2D eigenvalue weighted by Gasteiger charge is -2.02. The molecule has 114 valence electrons. The van der Waals surface area contributed by atoms with Gasteiger partial charge in [0.15, 0.2) is 0 Å². The van der Waals surface area contributed by atoms with E-state index >= 15 is 0 Å². The van der Waals surface area contributed by atoms with E-state index in [2.05, 4.69) is 15.5 Å². The number of nitrogens with one attached hydrogen (secondary N) is 1. The van der Waals surface area contributed by atoms with Crippen molar-refractivity contribution in [1.29, 1.82) is 0 Å². The highest BCUT2D eigenvalue weighted by atomic mass is 19.1. The molecule has 0 saturated heterocycles. The molecule has 1 aromatic heterocycles. The Kier molecular flexibility index (Phi) is 3.53. The molecule has 0 bridgehead atoms. The van der Waals surface area contributed by atoms with Gasteiger partial charge in [-0.1, -0.05) is 17.3 Å². The maximum atomic E-state index is 12.8. The van der Waals surface area contributed by atoms with Crippen LogP contribution in [0, 0.1) is 15.9 Å². The van der Waals surface area contributed by atoms with Crippen LogP contribution in [-0.2, 0) is 6.54 Å². The van der Waals surface area contributed by atoms with Crippen molar-refractivity contribution < 1.29 is 18.6 Å². The van der Waals surface area contributed by atoms with Crippen molar-refractivity contribution in [3.63, 3.8) is 0 Å². The van der Waals surface area contributed by atoms with Crippen LogP contribution < -0.4 is 5.32 Å². The van der Waals surface area contributed by atoms with Gasteiger partial charge in [-0.2, -0.15) is 4.98 Å². The van der Waals surface area contributed by atoms with Gasteiger partial charge in [0.25, 0.3) is 11.7 Å². The van der Waals surface area contributed by atoms with Crippen LogP contribution in [0.25, 0.3) is 0 Å². The number of rotatable bonds is 5. The summed E-state index contributed by atoms with van der Waals surface area (Å²) < 4.78 is 17.6. The molecule has 0 radical (unpaired) electrons. The molecule has 1 amide bonds. The maximum absolute atomic E-state index is 12.8. The number of nitro groups is 1. The van der Waals surface area contributed by atoms with Crippen LogP contribution in [0.2, 0.25) is 0 Å². The molecular weight excluding hydrogens is 295 g/mol. The Hall–Kier alpha value is -2.84. The van der Waals surface area contributed by atoms with Gasteiger partial charge in [0, 0.05) is 17.9 Å². The summed E-state index contributed by atoms with van der Waals surface area (Å²) in [6, 6.07) is 4.96. The summed E-state index contributed by atoms with van der Waals surface area (Å²) in [4.78, 5) is 25.9. The summed E-state index contributed by atoms with van der Waals surface area (Å²) in [5.41, 5.74) is 0.717. The molecule has 1 aliphatic carbocycles. The molecule has 1 fully saturated rings. The highest BCUT2D eigenvalue weighted by Crippen LogP contribution is 2.41. The predicted octanol–water partition coefficient (Wildman–Crippen LogP) is 1.27. The number of carbonyl (C=O) groups excluding carboxylic acids is 1. The zero-order chi connectivity index (χ0) is 15.7. The lowest BCUT2D eigenvalue weighted by atomic mass is 10.2. The Morgan fingerprint density at radius 1 is 1.45 bits per heavy atom. The van der Waals surface area contributed by atoms with Gasteiger partial charge in [-0.3, -0.25) is 14.9 Å². The van der Waals surface area contributed by atoms with Crippen LogP contribution >= 0.6 is 0 Å². The van der Waals surface area contributed by atoms with Gasteiger partial charge >= 0.3 is 0 Å². The average molecular weight is 306 g/mol. The van der Waals surface area contributed by atoms with Crippen molar-refractivity contribution in [3.05, 3.63) is 57.5 Å². The molecule has 2 unspecified atom stereocenters. The number of nitrogens with zero attached hydrogens (tertiary/aromatic N) is 3. The van der Waals surface area contributed by atoms with Crippen LogP contribution in [0.1, 0.15) is 34.4 Å². The second-order valence-electron chi connectivity index (χ2n) is 4.96. The van der Waals surface area contributed by atoms with Gasteiger partial charge in [0.2, 0.25) is 11.9 Å². The molecule has 0 aliphatic heterocycles. The summed E-state index contributed by atoms with van der Waals surface area (Å²) >= 11 is 0. The first-order valence-corrected chi connectivity index (χ1v) is 6.54. The second kappa shape index (κ2) is 5.51. The van der Waals surface area contributed by atoms with Crippen LogP contribution in [0.4, 0.5) is 4.39 Å². The number of halogens is 1. The minimum absolute atomic E-state index is 0.105. The van der Waals surface area contributed by atoms with Crippen molar-refractivity contribution >= 4 is 5.91 Å². The van der Waals surface area contributed by atoms with E-state index < -0.39 is 22.8 Å². The lowest BCUT2D eigenvalue weighted by molar-refractivity contribution is -0.496. The fourth-order valence-electron chi connectivity index (χ4n) is 2.02. The van der Waals surface area contributed by atoms with Gasteiger partial charge in [-0.25, -0.2) is 4.39 Å². The zero-order valence-corrected chi connectivity index (χ0v) is 11.2. The Morgan fingerprint density at radius 2 is 2.18 bits per heavy atom. The SMILES string of the molecule is O=C(NCc1ccc(F)cc1)c1noc(C2CC2[N+](=O)[O-])n1. The largest absolute Gasteiger partial charge is 0.345 e. The first-order chi connectivity index (χ1) is 10.5. The van der Waals surface area contributed by atoms with E-state index in [0.717, 1.165) is 0 Å². The fourth-order valence-corrected chi connectivity index (χ4v) is 2.02. The number of carbonyl (C=O) groups is 1. The van der Waals surface area contributed by atoms with Crippen molar-refractivity contribution in [3.8, 4) is 0 Å². The number of hydrogen-bond donors (Lipinski definition) is 1. The highest BCUT2D eigenvalue weighted by Gasteiger charge is 2.53. The molecule has 1 aliphatic rings. The molecule has 1 aromatic carbocycles. The van der Waals surface area contributed by atoms with E-state index in [1.165, 1.54) is 12.1 Å². The molecule has 22 heavy (non-hydrogen) atoms. The van der Waals surface area contributed by atoms with E-state index in [0.29, 0.717) is 12.0 Å². The third kappa shape index (κ3) is 2.92. The molecule has 1 N–H and O–H groups in total. The monoisotopic (exact) mass is 306 g/mol. The third-order valence-corrected chi connectivity index (χ3v) is 3.36. The van der Waals surface area contributed by atoms with Gasteiger partial charge in [-0.15, -0.1) is 0 Å². The minimum atomic E-state index is -0.712. The van der Waals surface area contributed by atoms with Crippen molar-refractivity contribution in [2.45, 2.75) is 24.9 Å². The molecule has 2 atom stereocenters. The predicted molar refractivity (Wildman–Crippen MR) is 70.0 cm³/mol. The quantitative estimate of drug-likeness (QED) is 0.657. The smallest absolute Gasteiger partial charge is 0.292 e. The number of benzene rings is 1. The highest BCUT2D eigenvalue weighted by molar-refractivity contribution is 5.90. The van der Waals surface area contributed by atoms with Gasteiger partial charge in [0.1, 0.15) is 11.7 Å². The lowest BCUT2D eigenvalue weighted by Crippen LogP contribution is -2.24. The summed E-state index contributed by atoms with van der Waals surface area (Å²) in [6.45, 7) is 0.184. The van der Waals surface area contributed by atoms with Crippen molar-refractivity contribution in [1.82, 2.24) is 15.5 Å². The number of hydrogen-bond acceptors (Lipinski definition) is 6. The molecule has 0 spiro atoms. The molecular formula is C13H11FN4O4.